The van der Waals surface area contributed by atoms with Crippen molar-refractivity contribution in [1.29, 1.82) is 0 Å². The average Bonchev–Trinajstić information content (AvgIpc) is 2.86. The van der Waals surface area contributed by atoms with Crippen LogP contribution in [-0.2, 0) is 0 Å². The number of rotatable bonds is 6. The molecule has 1 heterocycles. The number of ether oxygens (including phenoxy) is 1. The van der Waals surface area contributed by atoms with E-state index in [4.69, 9.17) is 4.74 Å². The summed E-state index contributed by atoms with van der Waals surface area (Å²) in [6.45, 7) is 7.20. The maximum Gasteiger partial charge on any atom is 0.124 e. The number of hydrogen-bond donors (Lipinski definition) is 1. The van der Waals surface area contributed by atoms with Gasteiger partial charge in [0.2, 0.25) is 0 Å². The molecule has 4 nitrogen and oxygen atoms in total. The van der Waals surface area contributed by atoms with Gasteiger partial charge >= 0.3 is 0 Å². The first-order valence-electron chi connectivity index (χ1n) is 6.84. The van der Waals surface area contributed by atoms with Crippen molar-refractivity contribution in [1.82, 2.24) is 14.9 Å². The summed E-state index contributed by atoms with van der Waals surface area (Å²) in [5, 5.41) is 7.72. The Morgan fingerprint density at radius 1 is 1.35 bits per heavy atom. The summed E-state index contributed by atoms with van der Waals surface area (Å²) in [6, 6.07) is 6.35. The number of methoxy groups -OCH3 is 1. The Bertz CT molecular complexity index is 568. The molecule has 0 aliphatic heterocycles. The number of aryl methyl sites for hydroxylation is 2. The van der Waals surface area contributed by atoms with Crippen molar-refractivity contribution in [3.63, 3.8) is 0 Å². The molecule has 0 aliphatic carbocycles. The van der Waals surface area contributed by atoms with Gasteiger partial charge in [0.05, 0.1) is 23.7 Å². The Labute approximate surface area is 124 Å². The van der Waals surface area contributed by atoms with E-state index in [-0.39, 0.29) is 6.04 Å². The molecule has 0 amide bonds. The SMILES string of the molecule is CCCNC(c1cc(C)ccc1OC)c1snnc1C. The van der Waals surface area contributed by atoms with Crippen LogP contribution in [0.15, 0.2) is 18.2 Å². The van der Waals surface area contributed by atoms with Crippen molar-refractivity contribution in [3.05, 3.63) is 39.9 Å². The maximum atomic E-state index is 5.52. The molecule has 0 saturated heterocycles. The summed E-state index contributed by atoms with van der Waals surface area (Å²) in [5.74, 6) is 0.900. The fraction of sp³-hybridized carbons (Fsp3) is 0.467. The third-order valence-electron chi connectivity index (χ3n) is 3.24. The lowest BCUT2D eigenvalue weighted by atomic mass is 10.0. The van der Waals surface area contributed by atoms with E-state index in [2.05, 4.69) is 40.9 Å². The Kier molecular flexibility index (Phi) is 5.09. The second-order valence-electron chi connectivity index (χ2n) is 4.86. The number of aromatic nitrogens is 2. The van der Waals surface area contributed by atoms with Crippen molar-refractivity contribution in [3.8, 4) is 5.75 Å². The van der Waals surface area contributed by atoms with Gasteiger partial charge in [0.15, 0.2) is 0 Å². The molecule has 2 rings (SSSR count). The van der Waals surface area contributed by atoms with Crippen LogP contribution in [0, 0.1) is 13.8 Å². The van der Waals surface area contributed by atoms with Gasteiger partial charge in [0.25, 0.3) is 0 Å². The molecule has 1 aromatic heterocycles. The molecular formula is C15H21N3OS. The summed E-state index contributed by atoms with van der Waals surface area (Å²) in [4.78, 5) is 1.15. The first-order chi connectivity index (χ1) is 9.67. The lowest BCUT2D eigenvalue weighted by Gasteiger charge is -2.20. The molecule has 20 heavy (non-hydrogen) atoms. The van der Waals surface area contributed by atoms with E-state index in [1.54, 1.807) is 7.11 Å². The molecule has 108 valence electrons. The van der Waals surface area contributed by atoms with Crippen LogP contribution in [0.25, 0.3) is 0 Å². The Balaban J connectivity index is 2.46. The van der Waals surface area contributed by atoms with Gasteiger partial charge in [-0.2, -0.15) is 0 Å². The zero-order valence-corrected chi connectivity index (χ0v) is 13.3. The predicted octanol–water partition coefficient (Wildman–Crippen LogP) is 3.25. The minimum atomic E-state index is 0.0878. The van der Waals surface area contributed by atoms with Crippen LogP contribution in [0.5, 0.6) is 5.75 Å². The third kappa shape index (κ3) is 3.16. The lowest BCUT2D eigenvalue weighted by Crippen LogP contribution is -2.23. The van der Waals surface area contributed by atoms with Crippen LogP contribution in [0.4, 0.5) is 0 Å². The number of benzene rings is 1. The zero-order valence-electron chi connectivity index (χ0n) is 12.4. The predicted molar refractivity (Wildman–Crippen MR) is 82.5 cm³/mol. The van der Waals surface area contributed by atoms with Crippen molar-refractivity contribution >= 4 is 11.5 Å². The molecular weight excluding hydrogens is 270 g/mol. The van der Waals surface area contributed by atoms with Gasteiger partial charge in [-0.05, 0) is 44.4 Å². The van der Waals surface area contributed by atoms with E-state index in [0.717, 1.165) is 34.8 Å². The molecule has 0 saturated carbocycles. The quantitative estimate of drug-likeness (QED) is 0.887. The Hall–Kier alpha value is -1.46. The van der Waals surface area contributed by atoms with Crippen molar-refractivity contribution in [2.45, 2.75) is 33.2 Å². The van der Waals surface area contributed by atoms with Gasteiger partial charge in [0, 0.05) is 5.56 Å². The molecule has 0 radical (unpaired) electrons. The number of hydrogen-bond acceptors (Lipinski definition) is 5. The van der Waals surface area contributed by atoms with Gasteiger partial charge in [-0.1, -0.05) is 29.1 Å². The topological polar surface area (TPSA) is 47.0 Å². The summed E-state index contributed by atoms with van der Waals surface area (Å²) < 4.78 is 9.59. The summed E-state index contributed by atoms with van der Waals surface area (Å²) in [5.41, 5.74) is 3.35. The molecule has 2 aromatic rings. The minimum absolute atomic E-state index is 0.0878. The van der Waals surface area contributed by atoms with E-state index in [1.807, 2.05) is 13.0 Å². The molecule has 1 aromatic carbocycles. The first-order valence-corrected chi connectivity index (χ1v) is 7.61. The monoisotopic (exact) mass is 291 g/mol. The highest BCUT2D eigenvalue weighted by Crippen LogP contribution is 2.33. The standard InChI is InChI=1S/C15H21N3OS/c1-5-8-16-14(15-11(3)17-18-20-15)12-9-10(2)6-7-13(12)19-4/h6-7,9,14,16H,5,8H2,1-4H3. The molecule has 1 unspecified atom stereocenters. The first kappa shape index (κ1) is 14.9. The van der Waals surface area contributed by atoms with Crippen LogP contribution in [0.2, 0.25) is 0 Å². The van der Waals surface area contributed by atoms with Crippen LogP contribution in [0.1, 0.15) is 41.1 Å². The van der Waals surface area contributed by atoms with E-state index in [1.165, 1.54) is 17.1 Å². The van der Waals surface area contributed by atoms with E-state index < -0.39 is 0 Å². The maximum absolute atomic E-state index is 5.52. The van der Waals surface area contributed by atoms with Gasteiger partial charge in [-0.3, -0.25) is 0 Å². The van der Waals surface area contributed by atoms with Crippen LogP contribution >= 0.6 is 11.5 Å². The molecule has 0 aliphatic rings. The highest BCUT2D eigenvalue weighted by atomic mass is 32.1. The minimum Gasteiger partial charge on any atom is -0.496 e. The van der Waals surface area contributed by atoms with Crippen LogP contribution in [-0.4, -0.2) is 23.2 Å². The van der Waals surface area contributed by atoms with E-state index in [0.29, 0.717) is 0 Å². The fourth-order valence-electron chi connectivity index (χ4n) is 2.21. The zero-order chi connectivity index (χ0) is 14.5. The van der Waals surface area contributed by atoms with Crippen LogP contribution in [0.3, 0.4) is 0 Å². The normalized spacial score (nSPS) is 12.4. The molecule has 0 fully saturated rings. The van der Waals surface area contributed by atoms with Crippen LogP contribution < -0.4 is 10.1 Å². The Morgan fingerprint density at radius 3 is 2.75 bits per heavy atom. The largest absolute Gasteiger partial charge is 0.496 e. The lowest BCUT2D eigenvalue weighted by molar-refractivity contribution is 0.404. The van der Waals surface area contributed by atoms with Crippen molar-refractivity contribution in [2.75, 3.05) is 13.7 Å². The summed E-state index contributed by atoms with van der Waals surface area (Å²) >= 11 is 1.45. The van der Waals surface area contributed by atoms with E-state index >= 15 is 0 Å². The number of nitrogens with zero attached hydrogens (tertiary/aromatic N) is 2. The molecule has 0 bridgehead atoms. The Morgan fingerprint density at radius 2 is 2.15 bits per heavy atom. The van der Waals surface area contributed by atoms with Gasteiger partial charge in [-0.25, -0.2) is 0 Å². The van der Waals surface area contributed by atoms with Gasteiger partial charge < -0.3 is 10.1 Å². The van der Waals surface area contributed by atoms with Gasteiger partial charge in [0.1, 0.15) is 5.75 Å². The highest BCUT2D eigenvalue weighted by molar-refractivity contribution is 7.05. The summed E-state index contributed by atoms with van der Waals surface area (Å²) in [7, 11) is 1.71. The fourth-order valence-corrected chi connectivity index (χ4v) is 2.95. The molecule has 5 heteroatoms. The van der Waals surface area contributed by atoms with E-state index in [9.17, 15) is 0 Å². The average molecular weight is 291 g/mol. The number of nitrogens with one attached hydrogen (secondary N) is 1. The highest BCUT2D eigenvalue weighted by Gasteiger charge is 2.22. The van der Waals surface area contributed by atoms with Crippen molar-refractivity contribution < 1.29 is 4.74 Å². The third-order valence-corrected chi connectivity index (χ3v) is 4.13. The second kappa shape index (κ2) is 6.81. The molecule has 1 atom stereocenters. The van der Waals surface area contributed by atoms with Crippen molar-refractivity contribution in [2.24, 2.45) is 0 Å². The molecule has 1 N–H and O–H groups in total. The molecule has 0 spiro atoms. The smallest absolute Gasteiger partial charge is 0.124 e. The second-order valence-corrected chi connectivity index (χ2v) is 5.64. The van der Waals surface area contributed by atoms with Gasteiger partial charge in [-0.15, -0.1) is 5.10 Å². The summed E-state index contributed by atoms with van der Waals surface area (Å²) in [6.07, 6.45) is 1.08.